The van der Waals surface area contributed by atoms with Crippen LogP contribution in [0.25, 0.3) is 0 Å². The van der Waals surface area contributed by atoms with Gasteiger partial charge in [0.05, 0.1) is 0 Å². The summed E-state index contributed by atoms with van der Waals surface area (Å²) in [6.45, 7) is 10.1. The third-order valence-corrected chi connectivity index (χ3v) is 7.96. The minimum absolute atomic E-state index is 0.0302. The molecular formula is C33H40N4O9. The molecule has 46 heavy (non-hydrogen) atoms. The monoisotopic (exact) mass is 636 g/mol. The molecule has 0 aliphatic carbocycles. The second kappa shape index (κ2) is 13.6. The number of carbonyl (C=O) groups is 6. The maximum absolute atomic E-state index is 13.6. The van der Waals surface area contributed by atoms with Gasteiger partial charge in [0.2, 0.25) is 0 Å². The molecule has 2 aliphatic heterocycles. The first-order valence-electron chi connectivity index (χ1n) is 15.1. The van der Waals surface area contributed by atoms with Crippen LogP contribution in [-0.2, 0) is 48.4 Å². The number of nitrogens with zero attached hydrogens (tertiary/aromatic N) is 2. The van der Waals surface area contributed by atoms with Gasteiger partial charge in [-0.15, -0.1) is 5.06 Å². The van der Waals surface area contributed by atoms with Crippen molar-refractivity contribution in [2.75, 3.05) is 0 Å². The van der Waals surface area contributed by atoms with Crippen LogP contribution in [0.15, 0.2) is 48.5 Å². The van der Waals surface area contributed by atoms with Crippen molar-refractivity contribution in [1.82, 2.24) is 20.6 Å². The van der Waals surface area contributed by atoms with Crippen molar-refractivity contribution in [2.45, 2.75) is 91.3 Å². The first-order chi connectivity index (χ1) is 21.6. The highest BCUT2D eigenvalue weighted by molar-refractivity contribution is 6.05. The molecule has 0 aromatic heterocycles. The Morgan fingerprint density at radius 1 is 0.957 bits per heavy atom. The summed E-state index contributed by atoms with van der Waals surface area (Å²) in [5.41, 5.74) is 0.0473. The van der Waals surface area contributed by atoms with Gasteiger partial charge in [-0.05, 0) is 62.8 Å². The molecule has 0 radical (unpaired) electrons. The Morgan fingerprint density at radius 2 is 1.65 bits per heavy atom. The summed E-state index contributed by atoms with van der Waals surface area (Å²) < 4.78 is 10.6. The molecule has 1 saturated heterocycles. The van der Waals surface area contributed by atoms with Crippen molar-refractivity contribution in [3.05, 3.63) is 70.8 Å². The van der Waals surface area contributed by atoms with E-state index in [1.807, 2.05) is 6.07 Å². The summed E-state index contributed by atoms with van der Waals surface area (Å²) >= 11 is 0. The van der Waals surface area contributed by atoms with Crippen LogP contribution in [-0.4, -0.2) is 63.0 Å². The average molecular weight is 637 g/mol. The highest BCUT2D eigenvalue weighted by Gasteiger charge is 2.48. The van der Waals surface area contributed by atoms with E-state index in [-0.39, 0.29) is 32.5 Å². The molecule has 2 heterocycles. The number of ether oxygens (including phenoxy) is 2. The van der Waals surface area contributed by atoms with E-state index in [0.29, 0.717) is 21.8 Å². The van der Waals surface area contributed by atoms with Crippen LogP contribution < -0.4 is 10.6 Å². The highest BCUT2D eigenvalue weighted by atomic mass is 16.7. The SMILES string of the molecule is CC(C)C(C)(NC(=O)OCc1ccccc1)C(=O)ON1C(=O)CCC(N2Cc3c(CNC(=O)OC(C)(C)C)cccc3C2=O)C1=O. The van der Waals surface area contributed by atoms with Crippen molar-refractivity contribution in [2.24, 2.45) is 5.92 Å². The van der Waals surface area contributed by atoms with Gasteiger partial charge < -0.3 is 29.8 Å². The van der Waals surface area contributed by atoms with Crippen LogP contribution >= 0.6 is 0 Å². The number of alkyl carbamates (subject to hydrolysis) is 2. The Bertz CT molecular complexity index is 1520. The van der Waals surface area contributed by atoms with E-state index in [0.717, 1.165) is 5.56 Å². The average Bonchev–Trinajstić information content (AvgIpc) is 3.33. The lowest BCUT2D eigenvalue weighted by Crippen LogP contribution is -2.61. The Hall–Kier alpha value is -4.94. The zero-order valence-corrected chi connectivity index (χ0v) is 26.9. The molecule has 2 unspecified atom stereocenters. The van der Waals surface area contributed by atoms with Crippen molar-refractivity contribution < 1.29 is 43.1 Å². The number of fused-ring (bicyclic) bond motifs is 1. The predicted molar refractivity (Wildman–Crippen MR) is 163 cm³/mol. The van der Waals surface area contributed by atoms with E-state index in [4.69, 9.17) is 14.3 Å². The van der Waals surface area contributed by atoms with E-state index < -0.39 is 59.0 Å². The van der Waals surface area contributed by atoms with Gasteiger partial charge in [0.1, 0.15) is 23.8 Å². The standard InChI is InChI=1S/C33H40N4O9/c1-20(2)33(6,35-31(43)44-19-21-11-8-7-9-12-21)29(41)46-37-26(38)16-15-25(28(37)40)36-18-24-22(13-10-14-23(24)27(36)39)17-34-30(42)45-32(3,4)5/h7-14,20,25H,15-19H2,1-6H3,(H,34,42)(H,35,43). The summed E-state index contributed by atoms with van der Waals surface area (Å²) in [5, 5.41) is 5.58. The smallest absolute Gasteiger partial charge is 0.408 e. The van der Waals surface area contributed by atoms with Crippen LogP contribution in [0, 0.1) is 5.92 Å². The quantitative estimate of drug-likeness (QED) is 0.388. The van der Waals surface area contributed by atoms with Gasteiger partial charge in [-0.3, -0.25) is 14.4 Å². The third kappa shape index (κ3) is 7.64. The molecule has 1 fully saturated rings. The lowest BCUT2D eigenvalue weighted by atomic mass is 9.89. The van der Waals surface area contributed by atoms with Crippen molar-refractivity contribution >= 4 is 35.9 Å². The van der Waals surface area contributed by atoms with Gasteiger partial charge in [0.25, 0.3) is 17.7 Å². The summed E-state index contributed by atoms with van der Waals surface area (Å²) in [6.07, 6.45) is -1.63. The molecule has 0 saturated carbocycles. The maximum Gasteiger partial charge on any atom is 0.408 e. The van der Waals surface area contributed by atoms with E-state index in [1.54, 1.807) is 77.1 Å². The molecule has 4 rings (SSSR count). The molecular weight excluding hydrogens is 596 g/mol. The summed E-state index contributed by atoms with van der Waals surface area (Å²) in [7, 11) is 0. The van der Waals surface area contributed by atoms with Crippen molar-refractivity contribution in [1.29, 1.82) is 0 Å². The summed E-state index contributed by atoms with van der Waals surface area (Å²) in [5.74, 6) is -3.64. The molecule has 13 nitrogen and oxygen atoms in total. The second-order valence-electron chi connectivity index (χ2n) is 12.7. The van der Waals surface area contributed by atoms with Crippen LogP contribution in [0.4, 0.5) is 9.59 Å². The number of benzene rings is 2. The highest BCUT2D eigenvalue weighted by Crippen LogP contribution is 2.32. The fraction of sp³-hybridized carbons (Fsp3) is 0.455. The Morgan fingerprint density at radius 3 is 2.30 bits per heavy atom. The Balaban J connectivity index is 1.44. The van der Waals surface area contributed by atoms with Gasteiger partial charge in [-0.2, -0.15) is 0 Å². The molecule has 2 aromatic carbocycles. The third-order valence-electron chi connectivity index (χ3n) is 7.96. The number of hydroxylamine groups is 2. The molecule has 2 aromatic rings. The number of hydrogen-bond acceptors (Lipinski definition) is 9. The Labute approximate surface area is 267 Å². The van der Waals surface area contributed by atoms with Gasteiger partial charge in [-0.1, -0.05) is 56.3 Å². The largest absolute Gasteiger partial charge is 0.445 e. The number of rotatable bonds is 9. The van der Waals surface area contributed by atoms with Gasteiger partial charge >= 0.3 is 18.2 Å². The fourth-order valence-electron chi connectivity index (χ4n) is 5.03. The number of amides is 5. The van der Waals surface area contributed by atoms with Gasteiger partial charge in [0.15, 0.2) is 0 Å². The van der Waals surface area contributed by atoms with Gasteiger partial charge in [-0.25, -0.2) is 14.4 Å². The molecule has 2 N–H and O–H groups in total. The molecule has 13 heteroatoms. The van der Waals surface area contributed by atoms with Gasteiger partial charge in [0, 0.05) is 25.1 Å². The first kappa shape index (κ1) is 33.9. The van der Waals surface area contributed by atoms with E-state index >= 15 is 0 Å². The predicted octanol–water partition coefficient (Wildman–Crippen LogP) is 3.98. The van der Waals surface area contributed by atoms with E-state index in [1.165, 1.54) is 11.8 Å². The molecule has 5 amide bonds. The second-order valence-corrected chi connectivity index (χ2v) is 12.7. The topological polar surface area (TPSA) is 161 Å². The molecule has 2 aliphatic rings. The lowest BCUT2D eigenvalue weighted by molar-refractivity contribution is -0.213. The normalized spacial score (nSPS) is 17.7. The minimum Gasteiger partial charge on any atom is -0.445 e. The first-order valence-corrected chi connectivity index (χ1v) is 15.1. The van der Waals surface area contributed by atoms with Crippen molar-refractivity contribution in [3.63, 3.8) is 0 Å². The van der Waals surface area contributed by atoms with Crippen LogP contribution in [0.2, 0.25) is 0 Å². The van der Waals surface area contributed by atoms with Crippen LogP contribution in [0.1, 0.15) is 81.4 Å². The van der Waals surface area contributed by atoms with Crippen molar-refractivity contribution in [3.8, 4) is 0 Å². The number of nitrogens with one attached hydrogen (secondary N) is 2. The number of imide groups is 1. The molecule has 246 valence electrons. The summed E-state index contributed by atoms with van der Waals surface area (Å²) in [4.78, 5) is 84.9. The molecule has 0 bridgehead atoms. The number of hydrogen-bond donors (Lipinski definition) is 2. The molecule has 2 atom stereocenters. The van der Waals surface area contributed by atoms with E-state index in [9.17, 15) is 28.8 Å². The zero-order valence-electron chi connectivity index (χ0n) is 26.9. The Kier molecular flexibility index (Phi) is 10.0. The lowest BCUT2D eigenvalue weighted by Gasteiger charge is -2.37. The molecule has 0 spiro atoms. The van der Waals surface area contributed by atoms with Crippen LogP contribution in [0.3, 0.4) is 0 Å². The minimum atomic E-state index is -1.67. The van der Waals surface area contributed by atoms with E-state index in [2.05, 4.69) is 10.6 Å². The maximum atomic E-state index is 13.6. The van der Waals surface area contributed by atoms with Crippen LogP contribution in [0.5, 0.6) is 0 Å². The number of piperidine rings is 1. The summed E-state index contributed by atoms with van der Waals surface area (Å²) in [6, 6.07) is 12.9. The number of carbonyl (C=O) groups excluding carboxylic acids is 6. The fourth-order valence-corrected chi connectivity index (χ4v) is 5.03. The zero-order chi connectivity index (χ0) is 33.8.